The van der Waals surface area contributed by atoms with E-state index in [0.29, 0.717) is 44.5 Å². The highest BCUT2D eigenvalue weighted by atomic mass is 19.4. The van der Waals surface area contributed by atoms with E-state index < -0.39 is 17.3 Å². The van der Waals surface area contributed by atoms with Crippen LogP contribution in [0, 0.1) is 0 Å². The quantitative estimate of drug-likeness (QED) is 0.823. The summed E-state index contributed by atoms with van der Waals surface area (Å²) in [5.41, 5.74) is -0.394. The number of halogens is 3. The van der Waals surface area contributed by atoms with Crippen molar-refractivity contribution >= 4 is 12.0 Å². The lowest BCUT2D eigenvalue weighted by Crippen LogP contribution is -2.48. The lowest BCUT2D eigenvalue weighted by Gasteiger charge is -2.38. The fraction of sp³-hybridized carbons (Fsp3) is 0.556. The fourth-order valence-corrected chi connectivity index (χ4v) is 4.00. The number of aryl methyl sites for hydroxylation is 1. The Labute approximate surface area is 165 Å². The minimum atomic E-state index is -4.36. The van der Waals surface area contributed by atoms with Gasteiger partial charge in [0.2, 0.25) is 0 Å². The van der Waals surface area contributed by atoms with Gasteiger partial charge in [0.05, 0.1) is 17.8 Å². The maximum atomic E-state index is 13.0. The van der Waals surface area contributed by atoms with E-state index in [1.165, 1.54) is 16.8 Å². The van der Waals surface area contributed by atoms with Crippen LogP contribution in [0.25, 0.3) is 0 Å². The van der Waals surface area contributed by atoms with Crippen LogP contribution in [0.3, 0.4) is 0 Å². The number of alkyl halides is 3. The van der Waals surface area contributed by atoms with Crippen molar-refractivity contribution in [2.24, 2.45) is 7.05 Å². The monoisotopic (exact) mass is 410 g/mol. The summed E-state index contributed by atoms with van der Waals surface area (Å²) >= 11 is 0. The molecule has 0 saturated carbocycles. The summed E-state index contributed by atoms with van der Waals surface area (Å²) in [5, 5.41) is 13.5. The van der Waals surface area contributed by atoms with Crippen LogP contribution in [0.5, 0.6) is 0 Å². The molecule has 2 aliphatic heterocycles. The highest BCUT2D eigenvalue weighted by molar-refractivity contribution is 5.87. The van der Waals surface area contributed by atoms with Gasteiger partial charge in [-0.3, -0.25) is 5.32 Å². The number of amides is 2. The standard InChI is InChI=1S/C18H21F3N6O2/c1-26-15(23-24-25-26)22-16(28)27-7-5-17(6-8-27)10-13(11-29-17)12-3-2-4-14(9-12)18(19,20)21/h2-4,9,13H,5-8,10-11H2,1H3,(H,22,23,25,28). The zero-order valence-corrected chi connectivity index (χ0v) is 15.8. The Hall–Kier alpha value is -2.69. The first-order valence-corrected chi connectivity index (χ1v) is 9.35. The maximum absolute atomic E-state index is 13.0. The van der Waals surface area contributed by atoms with Gasteiger partial charge in [-0.2, -0.15) is 13.2 Å². The molecule has 8 nitrogen and oxygen atoms in total. The zero-order chi connectivity index (χ0) is 20.6. The molecule has 29 heavy (non-hydrogen) atoms. The Morgan fingerprint density at radius 1 is 1.31 bits per heavy atom. The third-order valence-corrected chi connectivity index (χ3v) is 5.70. The fourth-order valence-electron chi connectivity index (χ4n) is 4.00. The summed E-state index contributed by atoms with van der Waals surface area (Å²) < 4.78 is 46.4. The molecule has 0 bridgehead atoms. The average molecular weight is 410 g/mol. The first-order chi connectivity index (χ1) is 13.8. The van der Waals surface area contributed by atoms with E-state index in [9.17, 15) is 18.0 Å². The van der Waals surface area contributed by atoms with E-state index in [-0.39, 0.29) is 17.9 Å². The van der Waals surface area contributed by atoms with Crippen LogP contribution >= 0.6 is 0 Å². The van der Waals surface area contributed by atoms with E-state index in [2.05, 4.69) is 20.8 Å². The minimum absolute atomic E-state index is 0.0811. The van der Waals surface area contributed by atoms with Crippen molar-refractivity contribution in [1.29, 1.82) is 0 Å². The number of tetrazole rings is 1. The molecule has 2 saturated heterocycles. The lowest BCUT2D eigenvalue weighted by atomic mass is 9.83. The van der Waals surface area contributed by atoms with Crippen molar-refractivity contribution < 1.29 is 22.7 Å². The van der Waals surface area contributed by atoms with E-state index in [1.54, 1.807) is 18.0 Å². The molecule has 1 aromatic carbocycles. The van der Waals surface area contributed by atoms with Crippen LogP contribution in [-0.2, 0) is 18.0 Å². The number of ether oxygens (including phenoxy) is 1. The Kier molecular flexibility index (Phi) is 4.93. The Bertz CT molecular complexity index is 892. The highest BCUT2D eigenvalue weighted by Gasteiger charge is 2.44. The van der Waals surface area contributed by atoms with Crippen LogP contribution in [0.1, 0.15) is 36.3 Å². The Balaban J connectivity index is 1.36. The number of piperidine rings is 1. The molecule has 1 spiro atoms. The van der Waals surface area contributed by atoms with Gasteiger partial charge in [-0.1, -0.05) is 23.3 Å². The van der Waals surface area contributed by atoms with Crippen molar-refractivity contribution in [2.75, 3.05) is 25.0 Å². The number of rotatable bonds is 2. The summed E-state index contributed by atoms with van der Waals surface area (Å²) in [6.07, 6.45) is -2.44. The van der Waals surface area contributed by atoms with Gasteiger partial charge in [0.1, 0.15) is 0 Å². The van der Waals surface area contributed by atoms with Crippen molar-refractivity contribution in [3.8, 4) is 0 Å². The number of nitrogens with one attached hydrogen (secondary N) is 1. The van der Waals surface area contributed by atoms with Crippen molar-refractivity contribution in [3.63, 3.8) is 0 Å². The molecule has 1 aromatic heterocycles. The SMILES string of the molecule is Cn1nnnc1NC(=O)N1CCC2(CC1)CC(c1cccc(C(F)(F)F)c1)CO2. The summed E-state index contributed by atoms with van der Waals surface area (Å²) in [4.78, 5) is 14.1. The van der Waals surface area contributed by atoms with Crippen molar-refractivity contribution in [3.05, 3.63) is 35.4 Å². The van der Waals surface area contributed by atoms with Crippen LogP contribution < -0.4 is 5.32 Å². The van der Waals surface area contributed by atoms with Gasteiger partial charge in [-0.25, -0.2) is 9.48 Å². The van der Waals surface area contributed by atoms with Gasteiger partial charge in [-0.15, -0.1) is 0 Å². The molecule has 3 heterocycles. The van der Waals surface area contributed by atoms with Gasteiger partial charge in [0.25, 0.3) is 5.95 Å². The number of carbonyl (C=O) groups is 1. The van der Waals surface area contributed by atoms with Gasteiger partial charge in [-0.05, 0) is 41.3 Å². The summed E-state index contributed by atoms with van der Waals surface area (Å²) in [6.45, 7) is 1.37. The van der Waals surface area contributed by atoms with E-state index in [1.807, 2.05) is 0 Å². The van der Waals surface area contributed by atoms with Gasteiger partial charge in [0.15, 0.2) is 0 Å². The van der Waals surface area contributed by atoms with E-state index in [4.69, 9.17) is 4.74 Å². The number of carbonyl (C=O) groups excluding carboxylic acids is 1. The van der Waals surface area contributed by atoms with E-state index in [0.717, 1.165) is 6.07 Å². The predicted octanol–water partition coefficient (Wildman–Crippen LogP) is 2.80. The lowest BCUT2D eigenvalue weighted by molar-refractivity contribution is -0.137. The summed E-state index contributed by atoms with van der Waals surface area (Å²) in [5.74, 6) is 0.180. The van der Waals surface area contributed by atoms with Crippen molar-refractivity contribution in [1.82, 2.24) is 25.1 Å². The molecule has 2 fully saturated rings. The largest absolute Gasteiger partial charge is 0.416 e. The number of hydrogen-bond acceptors (Lipinski definition) is 5. The van der Waals surface area contributed by atoms with Gasteiger partial charge < -0.3 is 9.64 Å². The molecular weight excluding hydrogens is 389 g/mol. The Morgan fingerprint density at radius 3 is 2.72 bits per heavy atom. The molecular formula is C18H21F3N6O2. The number of urea groups is 1. The molecule has 11 heteroatoms. The molecule has 2 aromatic rings. The second kappa shape index (κ2) is 7.29. The third-order valence-electron chi connectivity index (χ3n) is 5.70. The van der Waals surface area contributed by atoms with Crippen LogP contribution in [0.15, 0.2) is 24.3 Å². The third kappa shape index (κ3) is 4.04. The normalized spacial score (nSPS) is 21.5. The molecule has 0 aliphatic carbocycles. The minimum Gasteiger partial charge on any atom is -0.374 e. The second-order valence-electron chi connectivity index (χ2n) is 7.56. The first-order valence-electron chi connectivity index (χ1n) is 9.35. The summed E-state index contributed by atoms with van der Waals surface area (Å²) in [7, 11) is 1.63. The molecule has 1 unspecified atom stereocenters. The molecule has 0 radical (unpaired) electrons. The maximum Gasteiger partial charge on any atom is 0.416 e. The molecule has 4 rings (SSSR count). The Morgan fingerprint density at radius 2 is 2.07 bits per heavy atom. The number of likely N-dealkylation sites (tertiary alicyclic amines) is 1. The van der Waals surface area contributed by atoms with Crippen LogP contribution in [0.2, 0.25) is 0 Å². The topological polar surface area (TPSA) is 85.2 Å². The van der Waals surface area contributed by atoms with Crippen LogP contribution in [-0.4, -0.2) is 56.4 Å². The highest BCUT2D eigenvalue weighted by Crippen LogP contribution is 2.43. The van der Waals surface area contributed by atoms with Crippen molar-refractivity contribution in [2.45, 2.75) is 37.0 Å². The molecule has 2 amide bonds. The predicted molar refractivity (Wildman–Crippen MR) is 96.1 cm³/mol. The second-order valence-corrected chi connectivity index (χ2v) is 7.56. The summed E-state index contributed by atoms with van der Waals surface area (Å²) in [6, 6.07) is 5.17. The number of hydrogen-bond donors (Lipinski definition) is 1. The number of aromatic nitrogens is 4. The van der Waals surface area contributed by atoms with Gasteiger partial charge >= 0.3 is 12.2 Å². The molecule has 156 valence electrons. The van der Waals surface area contributed by atoms with Crippen LogP contribution in [0.4, 0.5) is 23.9 Å². The molecule has 2 aliphatic rings. The molecule has 1 atom stereocenters. The number of nitrogens with zero attached hydrogens (tertiary/aromatic N) is 5. The zero-order valence-electron chi connectivity index (χ0n) is 15.8. The number of benzene rings is 1. The van der Waals surface area contributed by atoms with E-state index >= 15 is 0 Å². The average Bonchev–Trinajstić information content (AvgIpc) is 3.29. The van der Waals surface area contributed by atoms with Gasteiger partial charge in [0, 0.05) is 26.1 Å². The number of anilines is 1. The smallest absolute Gasteiger partial charge is 0.374 e. The molecule has 1 N–H and O–H groups in total. The first kappa shape index (κ1) is 19.6.